The number of rotatable bonds is 8. The van der Waals surface area contributed by atoms with Crippen LogP contribution in [0.5, 0.6) is 5.75 Å². The first-order valence-corrected chi connectivity index (χ1v) is 13.6. The first kappa shape index (κ1) is 29.5. The fourth-order valence-electron chi connectivity index (χ4n) is 5.51. The number of nitrogens with one attached hydrogen (secondary N) is 2. The van der Waals surface area contributed by atoms with Gasteiger partial charge in [-0.1, -0.05) is 25.7 Å². The summed E-state index contributed by atoms with van der Waals surface area (Å²) in [6, 6.07) is -0.469. The molecule has 2 aliphatic carbocycles. The van der Waals surface area contributed by atoms with Crippen molar-refractivity contribution in [2.45, 2.75) is 74.8 Å². The van der Waals surface area contributed by atoms with E-state index in [9.17, 15) is 46.4 Å². The molecule has 1 saturated heterocycles. The number of benzene rings is 1. The summed E-state index contributed by atoms with van der Waals surface area (Å²) in [6.45, 7) is -0.523. The zero-order valence-electron chi connectivity index (χ0n) is 22.5. The number of amides is 4. The minimum absolute atomic E-state index is 0.0292. The summed E-state index contributed by atoms with van der Waals surface area (Å²) in [5, 5.41) is 13.9. The number of hydrogen-bond donors (Lipinski definition) is 2. The molecule has 1 spiro atoms. The van der Waals surface area contributed by atoms with Gasteiger partial charge in [-0.2, -0.15) is 18.4 Å². The number of carbonyl (C=O) groups is 4. The van der Waals surface area contributed by atoms with Crippen LogP contribution in [0.3, 0.4) is 0 Å². The maximum atomic E-state index is 14.5. The number of anilines is 1. The van der Waals surface area contributed by atoms with Crippen molar-refractivity contribution in [2.75, 3.05) is 18.9 Å². The maximum Gasteiger partial charge on any atom is 0.471 e. The lowest BCUT2D eigenvalue weighted by atomic mass is 9.97. The summed E-state index contributed by atoms with van der Waals surface area (Å²) in [7, 11) is 1.25. The third-order valence-corrected chi connectivity index (χ3v) is 8.25. The van der Waals surface area contributed by atoms with E-state index in [1.165, 1.54) is 7.05 Å². The van der Waals surface area contributed by atoms with Gasteiger partial charge in [0.1, 0.15) is 23.8 Å². The van der Waals surface area contributed by atoms with Crippen molar-refractivity contribution in [3.05, 3.63) is 23.8 Å². The van der Waals surface area contributed by atoms with Crippen molar-refractivity contribution in [2.24, 2.45) is 11.8 Å². The highest BCUT2D eigenvalue weighted by Gasteiger charge is 2.57. The number of alkyl halides is 3. The molecule has 10 nitrogen and oxygen atoms in total. The van der Waals surface area contributed by atoms with Gasteiger partial charge in [0, 0.05) is 13.5 Å². The van der Waals surface area contributed by atoms with Crippen LogP contribution in [0, 0.1) is 34.8 Å². The van der Waals surface area contributed by atoms with Crippen molar-refractivity contribution >= 4 is 29.3 Å². The molecule has 15 heteroatoms. The van der Waals surface area contributed by atoms with Gasteiger partial charge < -0.3 is 25.2 Å². The third kappa shape index (κ3) is 5.71. The summed E-state index contributed by atoms with van der Waals surface area (Å²) in [5.74, 6) is -7.30. The van der Waals surface area contributed by atoms with Crippen molar-refractivity contribution in [3.8, 4) is 11.8 Å². The van der Waals surface area contributed by atoms with Crippen LogP contribution in [-0.2, 0) is 19.2 Å². The molecular weight excluding hydrogens is 569 g/mol. The number of hydrogen-bond acceptors (Lipinski definition) is 6. The fraction of sp³-hybridized carbons (Fsp3) is 0.593. The summed E-state index contributed by atoms with van der Waals surface area (Å²) >= 11 is 0. The maximum absolute atomic E-state index is 14.5. The standard InChI is InChI=1S/C27H28F5N5O5/c1-36(22(38)18(8-13-2-3-13)34-25(41)27(30,31)32)19(9-14-4-5-14)23(39)37-12-26(10-15(37)11-33)24(40)35-20-16(28)6-7-17(29)21(20)42-26/h6-7,13-15,18-19H,2-5,8-10,12H2,1H3,(H,34,41)(H,35,40)/t15-,18-,19-,26+/m0/s1. The zero-order valence-corrected chi connectivity index (χ0v) is 22.5. The third-order valence-electron chi connectivity index (χ3n) is 8.25. The van der Waals surface area contributed by atoms with Gasteiger partial charge in [0.15, 0.2) is 17.4 Å². The van der Waals surface area contributed by atoms with E-state index in [0.717, 1.165) is 34.8 Å². The largest absolute Gasteiger partial charge is 0.471 e. The topological polar surface area (TPSA) is 132 Å². The van der Waals surface area contributed by atoms with Gasteiger partial charge in [0.05, 0.1) is 12.6 Å². The average Bonchev–Trinajstić information content (AvgIpc) is 3.88. The van der Waals surface area contributed by atoms with Crippen LogP contribution in [-0.4, -0.2) is 76.9 Å². The second-order valence-electron chi connectivity index (χ2n) is 11.4. The van der Waals surface area contributed by atoms with Crippen LogP contribution in [0.15, 0.2) is 12.1 Å². The number of nitrogens with zero attached hydrogens (tertiary/aromatic N) is 3. The summed E-state index contributed by atoms with van der Waals surface area (Å²) in [4.78, 5) is 54.2. The van der Waals surface area contributed by atoms with Crippen LogP contribution in [0.1, 0.15) is 44.9 Å². The van der Waals surface area contributed by atoms with Crippen molar-refractivity contribution in [1.82, 2.24) is 15.1 Å². The highest BCUT2D eigenvalue weighted by molar-refractivity contribution is 6.02. The number of carbonyl (C=O) groups excluding carboxylic acids is 4. The molecule has 2 aliphatic heterocycles. The van der Waals surface area contributed by atoms with Gasteiger partial charge in [-0.25, -0.2) is 8.78 Å². The Morgan fingerprint density at radius 2 is 1.79 bits per heavy atom. The lowest BCUT2D eigenvalue weighted by Gasteiger charge is -2.36. The Bertz CT molecular complexity index is 1360. The molecule has 4 amide bonds. The highest BCUT2D eigenvalue weighted by atomic mass is 19.4. The predicted octanol–water partition coefficient (Wildman–Crippen LogP) is 2.63. The average molecular weight is 598 g/mol. The van der Waals surface area contributed by atoms with E-state index in [1.54, 1.807) is 5.32 Å². The van der Waals surface area contributed by atoms with E-state index < -0.39 is 83.1 Å². The number of halogens is 5. The summed E-state index contributed by atoms with van der Waals surface area (Å²) < 4.78 is 73.4. The quantitative estimate of drug-likeness (QED) is 0.443. The number of likely N-dealkylation sites (tertiary alicyclic amines) is 1. The molecular formula is C27H28F5N5O5. The van der Waals surface area contributed by atoms with Crippen molar-refractivity contribution < 1.29 is 45.9 Å². The van der Waals surface area contributed by atoms with Gasteiger partial charge in [-0.3, -0.25) is 19.2 Å². The highest BCUT2D eigenvalue weighted by Crippen LogP contribution is 2.43. The fourth-order valence-corrected chi connectivity index (χ4v) is 5.51. The van der Waals surface area contributed by atoms with Gasteiger partial charge in [0.25, 0.3) is 5.91 Å². The monoisotopic (exact) mass is 597 g/mol. The lowest BCUT2D eigenvalue weighted by molar-refractivity contribution is -0.175. The zero-order chi connectivity index (χ0) is 30.6. The van der Waals surface area contributed by atoms with Crippen LogP contribution < -0.4 is 15.4 Å². The lowest BCUT2D eigenvalue weighted by Crippen LogP contribution is -2.58. The summed E-state index contributed by atoms with van der Waals surface area (Å²) in [6.07, 6.45) is -2.60. The molecule has 4 atom stereocenters. The van der Waals surface area contributed by atoms with Crippen LogP contribution in [0.2, 0.25) is 0 Å². The Hall–Kier alpha value is -3.96. The number of nitriles is 1. The Balaban J connectivity index is 1.39. The van der Waals surface area contributed by atoms with Crippen LogP contribution in [0.25, 0.3) is 0 Å². The van der Waals surface area contributed by atoms with Gasteiger partial charge in [0.2, 0.25) is 17.4 Å². The molecule has 42 heavy (non-hydrogen) atoms. The van der Waals surface area contributed by atoms with Gasteiger partial charge in [-0.05, 0) is 36.8 Å². The normalized spacial score (nSPS) is 24.6. The number of fused-ring (bicyclic) bond motifs is 1. The molecule has 5 rings (SSSR count). The Labute approximate surface area is 237 Å². The molecule has 4 aliphatic rings. The Morgan fingerprint density at radius 3 is 2.38 bits per heavy atom. The molecule has 2 N–H and O–H groups in total. The van der Waals surface area contributed by atoms with E-state index in [2.05, 4.69) is 5.32 Å². The van der Waals surface area contributed by atoms with E-state index in [0.29, 0.717) is 12.8 Å². The van der Waals surface area contributed by atoms with Crippen molar-refractivity contribution in [3.63, 3.8) is 0 Å². The predicted molar refractivity (Wildman–Crippen MR) is 133 cm³/mol. The van der Waals surface area contributed by atoms with Crippen LogP contribution >= 0.6 is 0 Å². The Kier molecular flexibility index (Phi) is 7.53. The van der Waals surface area contributed by atoms with Crippen molar-refractivity contribution in [1.29, 1.82) is 5.26 Å². The Morgan fingerprint density at radius 1 is 1.17 bits per heavy atom. The second kappa shape index (κ2) is 10.7. The smallest absolute Gasteiger partial charge is 0.470 e. The molecule has 1 aromatic rings. The molecule has 0 bridgehead atoms. The van der Waals surface area contributed by atoms with E-state index >= 15 is 0 Å². The molecule has 1 aromatic carbocycles. The van der Waals surface area contributed by atoms with E-state index in [4.69, 9.17) is 4.74 Å². The molecule has 0 radical (unpaired) electrons. The number of likely N-dealkylation sites (N-methyl/N-ethyl adjacent to an activating group) is 1. The van der Waals surface area contributed by atoms with E-state index in [-0.39, 0.29) is 31.1 Å². The molecule has 0 aromatic heterocycles. The molecule has 226 valence electrons. The first-order valence-electron chi connectivity index (χ1n) is 13.6. The molecule has 2 saturated carbocycles. The van der Waals surface area contributed by atoms with Crippen LogP contribution in [0.4, 0.5) is 27.6 Å². The minimum atomic E-state index is -5.21. The van der Waals surface area contributed by atoms with E-state index in [1.807, 2.05) is 6.07 Å². The SMILES string of the molecule is CN(C(=O)[C@H](CC1CC1)NC(=O)C(F)(F)F)[C@@H](CC1CC1)C(=O)N1C[C@@]2(C[C@H]1C#N)Oc1c(F)ccc(F)c1NC2=O. The molecule has 2 heterocycles. The molecule has 3 fully saturated rings. The number of ether oxygens (including phenoxy) is 1. The minimum Gasteiger partial charge on any atom is -0.470 e. The summed E-state index contributed by atoms with van der Waals surface area (Å²) in [5.41, 5.74) is -2.44. The van der Waals surface area contributed by atoms with Gasteiger partial charge in [-0.15, -0.1) is 0 Å². The second-order valence-corrected chi connectivity index (χ2v) is 11.4. The first-order chi connectivity index (χ1) is 19.7. The molecule has 0 unspecified atom stereocenters. The van der Waals surface area contributed by atoms with Gasteiger partial charge >= 0.3 is 12.1 Å².